The molecule has 0 unspecified atom stereocenters. The molecular weight excluding hydrogens is 150 g/mol. The Kier molecular flexibility index (Phi) is 2.44. The Balaban J connectivity index is 3.05. The van der Waals surface area contributed by atoms with Crippen LogP contribution in [-0.2, 0) is 0 Å². The molecule has 1 N–H and O–H groups in total. The second-order valence-corrected chi connectivity index (χ2v) is 2.38. The third kappa shape index (κ3) is 1.61. The maximum Gasteiger partial charge on any atom is 0.136 e. The van der Waals surface area contributed by atoms with Gasteiger partial charge in [-0.15, -0.1) is 0 Å². The van der Waals surface area contributed by atoms with Gasteiger partial charge in [0.25, 0.3) is 0 Å². The molecule has 3 heteroatoms. The fourth-order valence-electron chi connectivity index (χ4n) is 0.892. The van der Waals surface area contributed by atoms with Crippen LogP contribution in [0.1, 0.15) is 12.5 Å². The molecule has 1 rings (SSSR count). The van der Waals surface area contributed by atoms with Crippen LogP contribution < -0.4 is 0 Å². The van der Waals surface area contributed by atoms with Crippen molar-refractivity contribution in [2.45, 2.75) is 6.92 Å². The Morgan fingerprint density at radius 1 is 1.83 bits per heavy atom. The van der Waals surface area contributed by atoms with E-state index in [4.69, 9.17) is 5.26 Å². The lowest BCUT2D eigenvalue weighted by Crippen LogP contribution is -1.70. The van der Waals surface area contributed by atoms with Crippen molar-refractivity contribution < 1.29 is 0 Å². The molecule has 12 heavy (non-hydrogen) atoms. The fourth-order valence-corrected chi connectivity index (χ4v) is 0.892. The molecule has 1 heterocycles. The number of nitrogens with zero attached hydrogens (tertiary/aromatic N) is 2. The number of nitrogens with one attached hydrogen (secondary N) is 1. The van der Waals surface area contributed by atoms with Crippen LogP contribution in [0.3, 0.4) is 0 Å². The predicted octanol–water partition coefficient (Wildman–Crippen LogP) is 2.27. The second kappa shape index (κ2) is 3.54. The molecule has 3 nitrogen and oxygen atoms in total. The van der Waals surface area contributed by atoms with Crippen molar-refractivity contribution >= 4 is 18.6 Å². The van der Waals surface area contributed by atoms with Crippen LogP contribution in [0.5, 0.6) is 0 Å². The second-order valence-electron chi connectivity index (χ2n) is 2.38. The van der Waals surface area contributed by atoms with E-state index in [9.17, 15) is 0 Å². The number of aromatic amines is 1. The largest absolute Gasteiger partial charge is 0.346 e. The van der Waals surface area contributed by atoms with E-state index < -0.39 is 0 Å². The maximum absolute atomic E-state index is 8.52. The van der Waals surface area contributed by atoms with E-state index in [1.54, 1.807) is 19.2 Å². The van der Waals surface area contributed by atoms with Gasteiger partial charge in [0.2, 0.25) is 0 Å². The highest BCUT2D eigenvalue weighted by Crippen LogP contribution is 2.18. The zero-order chi connectivity index (χ0) is 8.97. The van der Waals surface area contributed by atoms with E-state index in [-0.39, 0.29) is 0 Å². The highest BCUT2D eigenvalue weighted by Gasteiger charge is 1.97. The zero-order valence-electron chi connectivity index (χ0n) is 6.83. The van der Waals surface area contributed by atoms with Crippen LogP contribution in [0.25, 0.3) is 6.08 Å². The van der Waals surface area contributed by atoms with E-state index in [1.165, 1.54) is 0 Å². The van der Waals surface area contributed by atoms with Crippen LogP contribution in [0, 0.1) is 11.3 Å². The van der Waals surface area contributed by atoms with Crippen molar-refractivity contribution in [2.75, 3.05) is 0 Å². The van der Waals surface area contributed by atoms with Crippen molar-refractivity contribution in [1.29, 1.82) is 5.26 Å². The SMILES string of the molecule is C=Nc1[nH]ccc1/C=C(\C)C#N. The minimum Gasteiger partial charge on any atom is -0.346 e. The topological polar surface area (TPSA) is 51.9 Å². The first kappa shape index (κ1) is 8.28. The van der Waals surface area contributed by atoms with Crippen LogP contribution in [0.15, 0.2) is 22.8 Å². The molecule has 0 spiro atoms. The van der Waals surface area contributed by atoms with Crippen molar-refractivity contribution in [3.8, 4) is 6.07 Å². The summed E-state index contributed by atoms with van der Waals surface area (Å²) >= 11 is 0. The maximum atomic E-state index is 8.52. The first-order valence-electron chi connectivity index (χ1n) is 3.50. The number of aliphatic imine (C=N–C) groups is 1. The minimum atomic E-state index is 0.652. The van der Waals surface area contributed by atoms with E-state index in [0.717, 1.165) is 5.56 Å². The van der Waals surface area contributed by atoms with Gasteiger partial charge < -0.3 is 4.98 Å². The van der Waals surface area contributed by atoms with Gasteiger partial charge in [-0.1, -0.05) is 0 Å². The van der Waals surface area contributed by atoms with Gasteiger partial charge in [0, 0.05) is 17.3 Å². The van der Waals surface area contributed by atoms with Gasteiger partial charge in [-0.05, 0) is 25.8 Å². The number of nitriles is 1. The molecule has 1 aromatic heterocycles. The van der Waals surface area contributed by atoms with Crippen LogP contribution >= 0.6 is 0 Å². The summed E-state index contributed by atoms with van der Waals surface area (Å²) in [4.78, 5) is 6.66. The number of hydrogen-bond donors (Lipinski definition) is 1. The molecule has 0 saturated heterocycles. The monoisotopic (exact) mass is 159 g/mol. The van der Waals surface area contributed by atoms with E-state index in [1.807, 2.05) is 12.1 Å². The van der Waals surface area contributed by atoms with Crippen molar-refractivity contribution in [2.24, 2.45) is 4.99 Å². The summed E-state index contributed by atoms with van der Waals surface area (Å²) in [6.45, 7) is 5.15. The van der Waals surface area contributed by atoms with E-state index >= 15 is 0 Å². The molecule has 0 saturated carbocycles. The summed E-state index contributed by atoms with van der Waals surface area (Å²) in [6, 6.07) is 3.89. The third-order valence-corrected chi connectivity index (χ3v) is 1.46. The smallest absolute Gasteiger partial charge is 0.136 e. The summed E-state index contributed by atoms with van der Waals surface area (Å²) in [5.74, 6) is 0.699. The van der Waals surface area contributed by atoms with Crippen LogP contribution in [0.4, 0.5) is 5.82 Å². The Morgan fingerprint density at radius 3 is 3.17 bits per heavy atom. The summed E-state index contributed by atoms with van der Waals surface area (Å²) in [5, 5.41) is 8.52. The van der Waals surface area contributed by atoms with Gasteiger partial charge in [-0.3, -0.25) is 0 Å². The first-order chi connectivity index (χ1) is 5.77. The third-order valence-electron chi connectivity index (χ3n) is 1.46. The predicted molar refractivity (Wildman–Crippen MR) is 49.3 cm³/mol. The number of hydrogen-bond acceptors (Lipinski definition) is 2. The molecule has 0 aliphatic rings. The van der Waals surface area contributed by atoms with Crippen LogP contribution in [-0.4, -0.2) is 11.7 Å². The Hall–Kier alpha value is -1.82. The molecule has 60 valence electrons. The summed E-state index contributed by atoms with van der Waals surface area (Å²) in [5.41, 5.74) is 1.54. The molecule has 0 fully saturated rings. The average molecular weight is 159 g/mol. The molecule has 0 radical (unpaired) electrons. The van der Waals surface area contributed by atoms with Crippen LogP contribution in [0.2, 0.25) is 0 Å². The number of H-pyrrole nitrogens is 1. The van der Waals surface area contributed by atoms with Crippen molar-refractivity contribution in [3.05, 3.63) is 23.4 Å². The Morgan fingerprint density at radius 2 is 2.58 bits per heavy atom. The fraction of sp³-hybridized carbons (Fsp3) is 0.111. The lowest BCUT2D eigenvalue weighted by molar-refractivity contribution is 1.34. The molecule has 0 bridgehead atoms. The van der Waals surface area contributed by atoms with E-state index in [0.29, 0.717) is 11.4 Å². The molecule has 0 atom stereocenters. The van der Waals surface area contributed by atoms with Gasteiger partial charge in [-0.2, -0.15) is 5.26 Å². The number of aromatic nitrogens is 1. The molecular formula is C9H9N3. The summed E-state index contributed by atoms with van der Waals surface area (Å²) in [7, 11) is 0. The average Bonchev–Trinajstić information content (AvgIpc) is 2.51. The lowest BCUT2D eigenvalue weighted by atomic mass is 10.2. The van der Waals surface area contributed by atoms with Crippen molar-refractivity contribution in [1.82, 2.24) is 4.98 Å². The quantitative estimate of drug-likeness (QED) is 0.522. The Labute approximate surface area is 71.1 Å². The van der Waals surface area contributed by atoms with Gasteiger partial charge >= 0.3 is 0 Å². The first-order valence-corrected chi connectivity index (χ1v) is 3.50. The van der Waals surface area contributed by atoms with Crippen molar-refractivity contribution in [3.63, 3.8) is 0 Å². The highest BCUT2D eigenvalue weighted by atomic mass is 14.9. The standard InChI is InChI=1S/C9H9N3/c1-7(6-10)5-8-3-4-12-9(8)11-2/h3-5,12H,2H2,1H3/b7-5+. The van der Waals surface area contributed by atoms with Gasteiger partial charge in [0.15, 0.2) is 0 Å². The van der Waals surface area contributed by atoms with Gasteiger partial charge in [0.1, 0.15) is 5.82 Å². The lowest BCUT2D eigenvalue weighted by Gasteiger charge is -1.89. The van der Waals surface area contributed by atoms with Gasteiger partial charge in [-0.25, -0.2) is 4.99 Å². The molecule has 0 amide bonds. The molecule has 0 aliphatic heterocycles. The van der Waals surface area contributed by atoms with Gasteiger partial charge in [0.05, 0.1) is 6.07 Å². The van der Waals surface area contributed by atoms with E-state index in [2.05, 4.69) is 16.7 Å². The number of rotatable bonds is 2. The zero-order valence-corrected chi connectivity index (χ0v) is 6.83. The molecule has 1 aromatic rings. The minimum absolute atomic E-state index is 0.652. The normalized spacial score (nSPS) is 10.8. The Bertz CT molecular complexity index is 352. The summed E-state index contributed by atoms with van der Waals surface area (Å²) < 4.78 is 0. The molecule has 0 aliphatic carbocycles. The highest BCUT2D eigenvalue weighted by molar-refractivity contribution is 5.66. The number of allylic oxidation sites excluding steroid dienone is 1. The summed E-state index contributed by atoms with van der Waals surface area (Å²) in [6.07, 6.45) is 3.53. The molecule has 0 aromatic carbocycles.